The molecule has 2 aliphatic rings. The van der Waals surface area contributed by atoms with E-state index < -0.39 is 0 Å². The third-order valence-electron chi connectivity index (χ3n) is 5.81. The second-order valence-corrected chi connectivity index (χ2v) is 7.34. The van der Waals surface area contributed by atoms with Gasteiger partial charge in [-0.15, -0.1) is 0 Å². The van der Waals surface area contributed by atoms with E-state index in [0.717, 1.165) is 43.8 Å². The summed E-state index contributed by atoms with van der Waals surface area (Å²) >= 11 is 0. The lowest BCUT2D eigenvalue weighted by Crippen LogP contribution is -2.57. The van der Waals surface area contributed by atoms with Crippen LogP contribution in [0.25, 0.3) is 0 Å². The number of ether oxygens (including phenoxy) is 2. The standard InChI is InChI=1S/C22H25NO3/c24-21(23-20-9-10-22(20)11-13-25-14-12-22)18-7-4-8-19(15-18)26-16-17-5-2-1-3-6-17/h1-8,15,20H,9-14,16H2,(H,23,24). The van der Waals surface area contributed by atoms with E-state index in [1.807, 2.05) is 54.6 Å². The number of rotatable bonds is 5. The lowest BCUT2D eigenvalue weighted by molar-refractivity contribution is -0.0523. The van der Waals surface area contributed by atoms with Gasteiger partial charge in [-0.3, -0.25) is 4.79 Å². The molecule has 4 rings (SSSR count). The average molecular weight is 351 g/mol. The van der Waals surface area contributed by atoms with E-state index in [1.54, 1.807) is 0 Å². The second kappa shape index (κ2) is 7.50. The molecule has 136 valence electrons. The molecule has 1 atom stereocenters. The number of hydrogen-bond acceptors (Lipinski definition) is 3. The van der Waals surface area contributed by atoms with Crippen molar-refractivity contribution in [3.63, 3.8) is 0 Å². The predicted molar refractivity (Wildman–Crippen MR) is 100 cm³/mol. The Kier molecular flexibility index (Phi) is 4.93. The van der Waals surface area contributed by atoms with E-state index in [1.165, 1.54) is 6.42 Å². The van der Waals surface area contributed by atoms with Gasteiger partial charge in [0.05, 0.1) is 0 Å². The maximum Gasteiger partial charge on any atom is 0.251 e. The molecule has 1 spiro atoms. The summed E-state index contributed by atoms with van der Waals surface area (Å²) in [5, 5.41) is 3.24. The van der Waals surface area contributed by atoms with Gasteiger partial charge in [-0.1, -0.05) is 36.4 Å². The molecule has 1 aliphatic heterocycles. The molecule has 0 radical (unpaired) electrons. The van der Waals surface area contributed by atoms with Gasteiger partial charge < -0.3 is 14.8 Å². The normalized spacial score (nSPS) is 21.0. The van der Waals surface area contributed by atoms with Crippen molar-refractivity contribution in [2.75, 3.05) is 13.2 Å². The highest BCUT2D eigenvalue weighted by atomic mass is 16.5. The first kappa shape index (κ1) is 17.1. The Morgan fingerprint density at radius 1 is 1.08 bits per heavy atom. The maximum absolute atomic E-state index is 12.7. The number of amides is 1. The van der Waals surface area contributed by atoms with E-state index in [-0.39, 0.29) is 17.4 Å². The van der Waals surface area contributed by atoms with Crippen LogP contribution in [0.5, 0.6) is 5.75 Å². The molecule has 26 heavy (non-hydrogen) atoms. The van der Waals surface area contributed by atoms with Crippen molar-refractivity contribution in [3.8, 4) is 5.75 Å². The molecule has 0 aromatic heterocycles. The van der Waals surface area contributed by atoms with E-state index in [9.17, 15) is 4.79 Å². The van der Waals surface area contributed by atoms with E-state index in [4.69, 9.17) is 9.47 Å². The van der Waals surface area contributed by atoms with Gasteiger partial charge in [0.1, 0.15) is 12.4 Å². The Morgan fingerprint density at radius 3 is 2.62 bits per heavy atom. The Labute approximate surface area is 154 Å². The first-order chi connectivity index (χ1) is 12.8. The van der Waals surface area contributed by atoms with Gasteiger partial charge in [-0.25, -0.2) is 0 Å². The molecule has 1 saturated heterocycles. The quantitative estimate of drug-likeness (QED) is 0.887. The molecule has 4 heteroatoms. The Bertz CT molecular complexity index is 753. The topological polar surface area (TPSA) is 47.6 Å². The van der Waals surface area contributed by atoms with Crippen LogP contribution >= 0.6 is 0 Å². The summed E-state index contributed by atoms with van der Waals surface area (Å²) < 4.78 is 11.3. The molecular weight excluding hydrogens is 326 g/mol. The van der Waals surface area contributed by atoms with E-state index in [0.29, 0.717) is 12.2 Å². The highest BCUT2D eigenvalue weighted by molar-refractivity contribution is 5.94. The van der Waals surface area contributed by atoms with Crippen molar-refractivity contribution in [1.29, 1.82) is 0 Å². The Balaban J connectivity index is 1.37. The summed E-state index contributed by atoms with van der Waals surface area (Å²) in [6.07, 6.45) is 4.37. The molecule has 1 N–H and O–H groups in total. The Hall–Kier alpha value is -2.33. The monoisotopic (exact) mass is 351 g/mol. The van der Waals surface area contributed by atoms with Crippen LogP contribution in [0.3, 0.4) is 0 Å². The molecule has 2 aromatic rings. The van der Waals surface area contributed by atoms with Crippen LogP contribution in [0, 0.1) is 5.41 Å². The van der Waals surface area contributed by atoms with Crippen LogP contribution in [0.15, 0.2) is 54.6 Å². The van der Waals surface area contributed by atoms with Gasteiger partial charge in [-0.05, 0) is 54.9 Å². The zero-order valence-electron chi connectivity index (χ0n) is 14.9. The fourth-order valence-electron chi connectivity index (χ4n) is 4.01. The molecule has 2 aromatic carbocycles. The molecule has 0 bridgehead atoms. The fraction of sp³-hybridized carbons (Fsp3) is 0.409. The van der Waals surface area contributed by atoms with Crippen LogP contribution in [0.1, 0.15) is 41.6 Å². The largest absolute Gasteiger partial charge is 0.489 e. The molecule has 1 unspecified atom stereocenters. The van der Waals surface area contributed by atoms with E-state index in [2.05, 4.69) is 5.32 Å². The number of hydrogen-bond donors (Lipinski definition) is 1. The van der Waals surface area contributed by atoms with Gasteiger partial charge in [0, 0.05) is 24.8 Å². The van der Waals surface area contributed by atoms with Crippen LogP contribution in [-0.4, -0.2) is 25.2 Å². The highest BCUT2D eigenvalue weighted by Gasteiger charge is 2.47. The van der Waals surface area contributed by atoms with Crippen LogP contribution in [0.4, 0.5) is 0 Å². The zero-order chi connectivity index (χ0) is 17.8. The van der Waals surface area contributed by atoms with Crippen molar-refractivity contribution < 1.29 is 14.3 Å². The van der Waals surface area contributed by atoms with Crippen LogP contribution < -0.4 is 10.1 Å². The van der Waals surface area contributed by atoms with Crippen molar-refractivity contribution in [3.05, 3.63) is 65.7 Å². The summed E-state index contributed by atoms with van der Waals surface area (Å²) in [5.41, 5.74) is 2.03. The summed E-state index contributed by atoms with van der Waals surface area (Å²) in [4.78, 5) is 12.7. The first-order valence-corrected chi connectivity index (χ1v) is 9.41. The highest BCUT2D eigenvalue weighted by Crippen LogP contribution is 2.48. The van der Waals surface area contributed by atoms with Crippen molar-refractivity contribution in [1.82, 2.24) is 5.32 Å². The number of nitrogens with one attached hydrogen (secondary N) is 1. The minimum Gasteiger partial charge on any atom is -0.489 e. The second-order valence-electron chi connectivity index (χ2n) is 7.34. The van der Waals surface area contributed by atoms with Gasteiger partial charge >= 0.3 is 0 Å². The number of carbonyl (C=O) groups is 1. The third kappa shape index (κ3) is 3.61. The maximum atomic E-state index is 12.7. The number of benzene rings is 2. The lowest BCUT2D eigenvalue weighted by atomic mass is 9.60. The summed E-state index contributed by atoms with van der Waals surface area (Å²) in [5.74, 6) is 0.710. The smallest absolute Gasteiger partial charge is 0.251 e. The van der Waals surface area contributed by atoms with Crippen molar-refractivity contribution >= 4 is 5.91 Å². The lowest BCUT2D eigenvalue weighted by Gasteiger charge is -2.52. The molecule has 1 amide bonds. The summed E-state index contributed by atoms with van der Waals surface area (Å²) in [6.45, 7) is 2.13. The fourth-order valence-corrected chi connectivity index (χ4v) is 4.01. The summed E-state index contributed by atoms with van der Waals surface area (Å²) in [6, 6.07) is 17.7. The van der Waals surface area contributed by atoms with Crippen LogP contribution in [0.2, 0.25) is 0 Å². The molecule has 1 saturated carbocycles. The van der Waals surface area contributed by atoms with Gasteiger partial charge in [0.25, 0.3) is 5.91 Å². The molecule has 2 fully saturated rings. The summed E-state index contributed by atoms with van der Waals surface area (Å²) in [7, 11) is 0. The van der Waals surface area contributed by atoms with Crippen LogP contribution in [-0.2, 0) is 11.3 Å². The Morgan fingerprint density at radius 2 is 1.88 bits per heavy atom. The van der Waals surface area contributed by atoms with Gasteiger partial charge in [-0.2, -0.15) is 0 Å². The molecule has 4 nitrogen and oxygen atoms in total. The molecular formula is C22H25NO3. The molecule has 1 heterocycles. The SMILES string of the molecule is O=C(NC1CCC12CCOCC2)c1cccc(OCc2ccccc2)c1. The van der Waals surface area contributed by atoms with Gasteiger partial charge in [0.2, 0.25) is 0 Å². The number of carbonyl (C=O) groups excluding carboxylic acids is 1. The van der Waals surface area contributed by atoms with E-state index >= 15 is 0 Å². The third-order valence-corrected chi connectivity index (χ3v) is 5.81. The van der Waals surface area contributed by atoms with Crippen molar-refractivity contribution in [2.45, 2.75) is 38.3 Å². The predicted octanol–water partition coefficient (Wildman–Crippen LogP) is 3.95. The minimum atomic E-state index is -0.00859. The molecule has 1 aliphatic carbocycles. The average Bonchev–Trinajstić information content (AvgIpc) is 2.71. The zero-order valence-corrected chi connectivity index (χ0v) is 14.9. The minimum absolute atomic E-state index is 0.00859. The first-order valence-electron chi connectivity index (χ1n) is 9.41. The van der Waals surface area contributed by atoms with Gasteiger partial charge in [0.15, 0.2) is 0 Å². The van der Waals surface area contributed by atoms with Crippen molar-refractivity contribution in [2.24, 2.45) is 5.41 Å².